The van der Waals surface area contributed by atoms with Crippen LogP contribution in [-0.2, 0) is 0 Å². The summed E-state index contributed by atoms with van der Waals surface area (Å²) >= 11 is 6.10. The predicted octanol–water partition coefficient (Wildman–Crippen LogP) is 2.72. The number of thiocarbonyl (C=S) groups is 1. The van der Waals surface area contributed by atoms with E-state index < -0.39 is 5.91 Å². The molecular formula is C14H12FN3O2S2. The number of anilines is 1. The predicted molar refractivity (Wildman–Crippen MR) is 87.5 cm³/mol. The van der Waals surface area contributed by atoms with Crippen LogP contribution in [0, 0.1) is 5.82 Å². The largest absolute Gasteiger partial charge is 0.331 e. The third-order valence-corrected chi connectivity index (χ3v) is 3.96. The fourth-order valence-electron chi connectivity index (χ4n) is 1.52. The van der Waals surface area contributed by atoms with Gasteiger partial charge in [-0.05, 0) is 55.5 Å². The lowest BCUT2D eigenvalue weighted by Gasteiger charge is -2.10. The summed E-state index contributed by atoms with van der Waals surface area (Å²) in [4.78, 5) is 24.0. The summed E-state index contributed by atoms with van der Waals surface area (Å²) in [7, 11) is 0. The van der Waals surface area contributed by atoms with Crippen molar-refractivity contribution < 1.29 is 14.0 Å². The number of halogens is 1. The number of carbonyl (C=O) groups excluding carboxylic acids is 2. The summed E-state index contributed by atoms with van der Waals surface area (Å²) < 4.78 is 12.8. The molecule has 2 rings (SSSR count). The summed E-state index contributed by atoms with van der Waals surface area (Å²) in [5.74, 6) is -0.844. The number of ketones is 1. The van der Waals surface area contributed by atoms with Crippen LogP contribution >= 0.6 is 23.6 Å². The van der Waals surface area contributed by atoms with E-state index in [2.05, 4.69) is 16.2 Å². The monoisotopic (exact) mass is 337 g/mol. The molecule has 0 saturated heterocycles. The maximum absolute atomic E-state index is 12.8. The fraction of sp³-hybridized carbons (Fsp3) is 0.0714. The van der Waals surface area contributed by atoms with Crippen LogP contribution in [-0.4, -0.2) is 16.8 Å². The average Bonchev–Trinajstić information content (AvgIpc) is 2.97. The molecule has 0 saturated carbocycles. The number of benzene rings is 1. The van der Waals surface area contributed by atoms with Gasteiger partial charge in [0.2, 0.25) is 0 Å². The molecule has 5 nitrogen and oxygen atoms in total. The maximum Gasteiger partial charge on any atom is 0.279 e. The smallest absolute Gasteiger partial charge is 0.279 e. The van der Waals surface area contributed by atoms with Gasteiger partial charge in [-0.3, -0.25) is 20.4 Å². The van der Waals surface area contributed by atoms with Gasteiger partial charge in [0, 0.05) is 5.69 Å². The first kappa shape index (κ1) is 16.1. The van der Waals surface area contributed by atoms with Gasteiger partial charge in [0.15, 0.2) is 10.9 Å². The highest BCUT2D eigenvalue weighted by atomic mass is 32.1. The van der Waals surface area contributed by atoms with Crippen molar-refractivity contribution in [2.75, 3.05) is 5.32 Å². The Labute approximate surface area is 135 Å². The highest BCUT2D eigenvalue weighted by molar-refractivity contribution is 7.80. The Morgan fingerprint density at radius 3 is 2.27 bits per heavy atom. The van der Waals surface area contributed by atoms with Crippen molar-refractivity contribution >= 4 is 46.0 Å². The molecule has 1 aromatic carbocycles. The van der Waals surface area contributed by atoms with Crippen molar-refractivity contribution in [2.45, 2.75) is 6.92 Å². The van der Waals surface area contributed by atoms with Crippen LogP contribution in [0.15, 0.2) is 36.4 Å². The van der Waals surface area contributed by atoms with Gasteiger partial charge in [-0.25, -0.2) is 4.39 Å². The van der Waals surface area contributed by atoms with E-state index in [0.29, 0.717) is 15.4 Å². The number of carbonyl (C=O) groups is 2. The Hall–Kier alpha value is -2.32. The van der Waals surface area contributed by atoms with Crippen LogP contribution < -0.4 is 16.2 Å². The van der Waals surface area contributed by atoms with E-state index in [4.69, 9.17) is 12.2 Å². The molecule has 3 N–H and O–H groups in total. The number of hydrazine groups is 1. The molecule has 8 heteroatoms. The van der Waals surface area contributed by atoms with Crippen molar-refractivity contribution in [3.8, 4) is 0 Å². The van der Waals surface area contributed by atoms with E-state index >= 15 is 0 Å². The number of hydrogen-bond acceptors (Lipinski definition) is 4. The normalized spacial score (nSPS) is 9.91. The van der Waals surface area contributed by atoms with Crippen molar-refractivity contribution in [3.63, 3.8) is 0 Å². The lowest BCUT2D eigenvalue weighted by Crippen LogP contribution is -2.43. The van der Waals surface area contributed by atoms with Crippen LogP contribution in [0.4, 0.5) is 10.1 Å². The first-order valence-corrected chi connectivity index (χ1v) is 7.42. The molecule has 0 atom stereocenters. The topological polar surface area (TPSA) is 70.2 Å². The van der Waals surface area contributed by atoms with Crippen LogP contribution in [0.3, 0.4) is 0 Å². The minimum atomic E-state index is -0.402. The third kappa shape index (κ3) is 4.34. The van der Waals surface area contributed by atoms with Crippen molar-refractivity contribution in [1.82, 2.24) is 10.9 Å². The molecule has 1 aromatic heterocycles. The van der Waals surface area contributed by atoms with Gasteiger partial charge in [-0.2, -0.15) is 0 Å². The molecule has 0 aliphatic carbocycles. The first-order valence-electron chi connectivity index (χ1n) is 6.19. The molecule has 0 fully saturated rings. The highest BCUT2D eigenvalue weighted by Crippen LogP contribution is 2.16. The second kappa shape index (κ2) is 7.10. The van der Waals surface area contributed by atoms with Crippen LogP contribution in [0.25, 0.3) is 0 Å². The molecule has 0 aliphatic heterocycles. The zero-order valence-electron chi connectivity index (χ0n) is 11.5. The van der Waals surface area contributed by atoms with Gasteiger partial charge in [-0.15, -0.1) is 11.3 Å². The number of hydrogen-bond donors (Lipinski definition) is 3. The Morgan fingerprint density at radius 2 is 1.68 bits per heavy atom. The van der Waals surface area contributed by atoms with E-state index in [1.54, 1.807) is 12.1 Å². The van der Waals surface area contributed by atoms with Crippen LogP contribution in [0.1, 0.15) is 26.3 Å². The fourth-order valence-corrected chi connectivity index (χ4v) is 2.49. The van der Waals surface area contributed by atoms with E-state index in [1.165, 1.54) is 31.2 Å². The van der Waals surface area contributed by atoms with Crippen molar-refractivity contribution in [1.29, 1.82) is 0 Å². The molecule has 0 spiro atoms. The summed E-state index contributed by atoms with van der Waals surface area (Å²) in [6.07, 6.45) is 0. The molecule has 0 unspecified atom stereocenters. The van der Waals surface area contributed by atoms with Gasteiger partial charge in [0.1, 0.15) is 5.82 Å². The Bertz CT molecular complexity index is 713. The van der Waals surface area contributed by atoms with E-state index in [9.17, 15) is 14.0 Å². The van der Waals surface area contributed by atoms with E-state index in [-0.39, 0.29) is 16.7 Å². The molecule has 1 heterocycles. The number of amides is 1. The quantitative estimate of drug-likeness (QED) is 0.456. The third-order valence-electron chi connectivity index (χ3n) is 2.57. The maximum atomic E-state index is 12.8. The minimum absolute atomic E-state index is 0.0921. The number of rotatable bonds is 3. The molecule has 1 amide bonds. The summed E-state index contributed by atoms with van der Waals surface area (Å²) in [5.41, 5.74) is 5.53. The van der Waals surface area contributed by atoms with Crippen molar-refractivity contribution in [2.24, 2.45) is 0 Å². The molecule has 0 bridgehead atoms. The lowest BCUT2D eigenvalue weighted by atomic mass is 10.3. The Balaban J connectivity index is 1.86. The average molecular weight is 337 g/mol. The molecule has 22 heavy (non-hydrogen) atoms. The van der Waals surface area contributed by atoms with Gasteiger partial charge < -0.3 is 5.32 Å². The Morgan fingerprint density at radius 1 is 1.05 bits per heavy atom. The standard InChI is InChI=1S/C14H12FN3O2S2/c1-8(19)11-6-7-12(22-11)13(20)17-18-14(21)16-10-4-2-9(15)3-5-10/h2-7H,1H3,(H,17,20)(H2,16,18,21). The summed E-state index contributed by atoms with van der Waals surface area (Å²) in [5, 5.41) is 2.94. The SMILES string of the molecule is CC(=O)c1ccc(C(=O)NNC(=S)Nc2ccc(F)cc2)s1. The Kier molecular flexibility index (Phi) is 5.18. The molecule has 2 aromatic rings. The van der Waals surface area contributed by atoms with Gasteiger partial charge in [0.25, 0.3) is 5.91 Å². The minimum Gasteiger partial charge on any atom is -0.331 e. The summed E-state index contributed by atoms with van der Waals surface area (Å²) in [6, 6.07) is 8.77. The van der Waals surface area contributed by atoms with Crippen LogP contribution in [0.2, 0.25) is 0 Å². The van der Waals surface area contributed by atoms with Gasteiger partial charge >= 0.3 is 0 Å². The zero-order valence-corrected chi connectivity index (χ0v) is 13.1. The van der Waals surface area contributed by atoms with Crippen LogP contribution in [0.5, 0.6) is 0 Å². The second-order valence-corrected chi connectivity index (χ2v) is 5.75. The second-order valence-electron chi connectivity index (χ2n) is 4.26. The molecule has 0 aliphatic rings. The molecule has 0 radical (unpaired) electrons. The van der Waals surface area contributed by atoms with Gasteiger partial charge in [0.05, 0.1) is 9.75 Å². The summed E-state index contributed by atoms with van der Waals surface area (Å²) in [6.45, 7) is 1.44. The number of nitrogens with one attached hydrogen (secondary N) is 3. The number of Topliss-reactive ketones (excluding diaryl/α,β-unsaturated/α-hetero) is 1. The first-order chi connectivity index (χ1) is 10.5. The molecule has 114 valence electrons. The van der Waals surface area contributed by atoms with Crippen molar-refractivity contribution in [3.05, 3.63) is 52.0 Å². The van der Waals surface area contributed by atoms with E-state index in [0.717, 1.165) is 11.3 Å². The zero-order chi connectivity index (χ0) is 16.1. The highest BCUT2D eigenvalue weighted by Gasteiger charge is 2.11. The lowest BCUT2D eigenvalue weighted by molar-refractivity contribution is 0.0947. The van der Waals surface area contributed by atoms with Gasteiger partial charge in [-0.1, -0.05) is 0 Å². The van der Waals surface area contributed by atoms with E-state index in [1.807, 2.05) is 0 Å². The molecular weight excluding hydrogens is 325 g/mol. The number of thiophene rings is 1.